The van der Waals surface area contributed by atoms with Crippen LogP contribution in [0.5, 0.6) is 0 Å². The zero-order valence-electron chi connectivity index (χ0n) is 11.0. The molecule has 3 aromatic rings. The fraction of sp³-hybridized carbons (Fsp3) is 0.125. The molecule has 1 aromatic heterocycles. The average Bonchev–Trinajstić information content (AvgIpc) is 2.49. The van der Waals surface area contributed by atoms with Gasteiger partial charge >= 0.3 is 0 Å². The van der Waals surface area contributed by atoms with Gasteiger partial charge in [-0.15, -0.1) is 0 Å². The molecule has 0 spiro atoms. The first-order valence-corrected chi connectivity index (χ1v) is 7.25. The van der Waals surface area contributed by atoms with Gasteiger partial charge in [-0.3, -0.25) is 9.97 Å². The third-order valence-electron chi connectivity index (χ3n) is 3.31. The Kier molecular flexibility index (Phi) is 3.94. The molecule has 1 heterocycles. The van der Waals surface area contributed by atoms with Crippen molar-refractivity contribution >= 4 is 27.0 Å². The summed E-state index contributed by atoms with van der Waals surface area (Å²) >= 11 is 3.22. The van der Waals surface area contributed by atoms with Gasteiger partial charge in [-0.25, -0.2) is 4.39 Å². The monoisotopic (exact) mass is 346 g/mol. The molecular weight excluding hydrogens is 335 g/mol. The second-order valence-electron chi connectivity index (χ2n) is 4.76. The van der Waals surface area contributed by atoms with Crippen LogP contribution in [-0.4, -0.2) is 15.1 Å². The Morgan fingerprint density at radius 1 is 1.05 bits per heavy atom. The normalized spacial score (nSPS) is 12.5. The van der Waals surface area contributed by atoms with Crippen LogP contribution in [0.25, 0.3) is 11.0 Å². The van der Waals surface area contributed by atoms with Gasteiger partial charge in [-0.1, -0.05) is 28.1 Å². The van der Waals surface area contributed by atoms with E-state index in [2.05, 4.69) is 25.9 Å². The summed E-state index contributed by atoms with van der Waals surface area (Å²) < 4.78 is 14.5. The van der Waals surface area contributed by atoms with Crippen molar-refractivity contribution in [2.45, 2.75) is 12.5 Å². The van der Waals surface area contributed by atoms with E-state index in [0.29, 0.717) is 21.1 Å². The Bertz CT molecular complexity index is 794. The Balaban J connectivity index is 1.87. The van der Waals surface area contributed by atoms with E-state index in [4.69, 9.17) is 0 Å². The number of aliphatic hydroxyl groups excluding tert-OH is 1. The molecule has 0 fully saturated rings. The highest BCUT2D eigenvalue weighted by Gasteiger charge is 2.13. The van der Waals surface area contributed by atoms with Crippen molar-refractivity contribution in [3.63, 3.8) is 0 Å². The van der Waals surface area contributed by atoms with Gasteiger partial charge in [0.15, 0.2) is 0 Å². The van der Waals surface area contributed by atoms with Crippen molar-refractivity contribution in [2.24, 2.45) is 0 Å². The van der Waals surface area contributed by atoms with Crippen LogP contribution in [0.15, 0.2) is 53.3 Å². The molecule has 1 atom stereocenters. The van der Waals surface area contributed by atoms with E-state index in [-0.39, 0.29) is 12.2 Å². The Hall–Kier alpha value is -1.85. The number of fused-ring (bicyclic) bond motifs is 1. The Morgan fingerprint density at radius 2 is 1.81 bits per heavy atom. The van der Waals surface area contributed by atoms with Crippen molar-refractivity contribution in [2.75, 3.05) is 0 Å². The molecule has 0 aliphatic heterocycles. The molecular formula is C16H12BrFN2O. The lowest BCUT2D eigenvalue weighted by molar-refractivity contribution is 0.177. The van der Waals surface area contributed by atoms with E-state index < -0.39 is 6.10 Å². The molecule has 0 radical (unpaired) electrons. The van der Waals surface area contributed by atoms with Crippen LogP contribution < -0.4 is 0 Å². The summed E-state index contributed by atoms with van der Waals surface area (Å²) in [6.07, 6.45) is 2.65. The molecule has 5 heteroatoms. The van der Waals surface area contributed by atoms with Crippen LogP contribution in [0.1, 0.15) is 17.2 Å². The maximum Gasteiger partial charge on any atom is 0.127 e. The minimum Gasteiger partial charge on any atom is -0.388 e. The number of rotatable bonds is 3. The van der Waals surface area contributed by atoms with Crippen LogP contribution in [-0.2, 0) is 6.42 Å². The number of aliphatic hydroxyl groups is 1. The molecule has 1 N–H and O–H groups in total. The number of benzene rings is 2. The summed E-state index contributed by atoms with van der Waals surface area (Å²) in [5, 5.41) is 10.3. The van der Waals surface area contributed by atoms with Gasteiger partial charge in [-0.05, 0) is 35.4 Å². The van der Waals surface area contributed by atoms with Crippen molar-refractivity contribution in [3.8, 4) is 0 Å². The van der Waals surface area contributed by atoms with Crippen molar-refractivity contribution in [3.05, 3.63) is 70.2 Å². The summed E-state index contributed by atoms with van der Waals surface area (Å²) in [5.74, 6) is -0.330. The first kappa shape index (κ1) is 14.1. The van der Waals surface area contributed by atoms with E-state index in [0.717, 1.165) is 5.52 Å². The van der Waals surface area contributed by atoms with E-state index >= 15 is 0 Å². The number of aromatic nitrogens is 2. The maximum absolute atomic E-state index is 13.8. The summed E-state index contributed by atoms with van der Waals surface area (Å²) in [5.41, 5.74) is 2.66. The molecule has 0 amide bonds. The van der Waals surface area contributed by atoms with E-state index in [1.54, 1.807) is 42.7 Å². The second kappa shape index (κ2) is 5.87. The molecule has 2 aromatic carbocycles. The molecule has 0 saturated heterocycles. The third-order valence-corrected chi connectivity index (χ3v) is 3.80. The minimum atomic E-state index is -0.785. The largest absolute Gasteiger partial charge is 0.388 e. The highest BCUT2D eigenvalue weighted by atomic mass is 79.9. The smallest absolute Gasteiger partial charge is 0.127 e. The van der Waals surface area contributed by atoms with Crippen LogP contribution >= 0.6 is 15.9 Å². The third kappa shape index (κ3) is 3.09. The zero-order chi connectivity index (χ0) is 14.8. The zero-order valence-corrected chi connectivity index (χ0v) is 12.6. The fourth-order valence-corrected chi connectivity index (χ4v) is 2.53. The quantitative estimate of drug-likeness (QED) is 0.784. The van der Waals surface area contributed by atoms with E-state index in [1.807, 2.05) is 0 Å². The minimum absolute atomic E-state index is 0.213. The van der Waals surface area contributed by atoms with Gasteiger partial charge in [0.25, 0.3) is 0 Å². The molecule has 21 heavy (non-hydrogen) atoms. The highest BCUT2D eigenvalue weighted by Crippen LogP contribution is 2.24. The predicted octanol–water partition coefficient (Wildman–Crippen LogP) is 3.81. The van der Waals surface area contributed by atoms with Crippen molar-refractivity contribution in [1.29, 1.82) is 0 Å². The van der Waals surface area contributed by atoms with Crippen LogP contribution in [0, 0.1) is 5.82 Å². The number of nitrogens with zero attached hydrogens (tertiary/aromatic N) is 2. The van der Waals surface area contributed by atoms with Gasteiger partial charge in [0.05, 0.1) is 17.1 Å². The SMILES string of the molecule is OC(Cc1ccc(Br)cc1F)c1ccc2nccnc2c1. The Labute approximate surface area is 129 Å². The molecule has 3 nitrogen and oxygen atoms in total. The fourth-order valence-electron chi connectivity index (χ4n) is 2.20. The lowest BCUT2D eigenvalue weighted by Gasteiger charge is -2.12. The number of hydrogen-bond acceptors (Lipinski definition) is 3. The maximum atomic E-state index is 13.8. The molecule has 3 rings (SSSR count). The van der Waals surface area contributed by atoms with E-state index in [9.17, 15) is 9.50 Å². The molecule has 106 valence electrons. The van der Waals surface area contributed by atoms with Crippen LogP contribution in [0.2, 0.25) is 0 Å². The molecule has 0 aliphatic rings. The molecule has 0 aliphatic carbocycles. The highest BCUT2D eigenvalue weighted by molar-refractivity contribution is 9.10. The summed E-state index contributed by atoms with van der Waals surface area (Å²) in [6, 6.07) is 10.2. The summed E-state index contributed by atoms with van der Waals surface area (Å²) in [7, 11) is 0. The molecule has 1 unspecified atom stereocenters. The van der Waals surface area contributed by atoms with Gasteiger partial charge in [0.2, 0.25) is 0 Å². The average molecular weight is 347 g/mol. The van der Waals surface area contributed by atoms with Crippen molar-refractivity contribution in [1.82, 2.24) is 9.97 Å². The molecule has 0 bridgehead atoms. The first-order valence-electron chi connectivity index (χ1n) is 6.46. The topological polar surface area (TPSA) is 46.0 Å². The predicted molar refractivity (Wildman–Crippen MR) is 82.3 cm³/mol. The Morgan fingerprint density at radius 3 is 2.57 bits per heavy atom. The lowest BCUT2D eigenvalue weighted by Crippen LogP contribution is -2.04. The van der Waals surface area contributed by atoms with Gasteiger partial charge in [-0.2, -0.15) is 0 Å². The summed E-state index contributed by atoms with van der Waals surface area (Å²) in [6.45, 7) is 0. The standard InChI is InChI=1S/C16H12BrFN2O/c17-12-3-1-10(13(18)9-12)8-16(21)11-2-4-14-15(7-11)20-6-5-19-14/h1-7,9,16,21H,8H2. The molecule has 0 saturated carbocycles. The van der Waals surface area contributed by atoms with Gasteiger partial charge < -0.3 is 5.11 Å². The lowest BCUT2D eigenvalue weighted by atomic mass is 10.0. The number of halogens is 2. The van der Waals surface area contributed by atoms with Gasteiger partial charge in [0.1, 0.15) is 5.82 Å². The van der Waals surface area contributed by atoms with Crippen LogP contribution in [0.3, 0.4) is 0 Å². The first-order chi connectivity index (χ1) is 10.1. The van der Waals surface area contributed by atoms with Crippen molar-refractivity contribution < 1.29 is 9.50 Å². The second-order valence-corrected chi connectivity index (χ2v) is 5.68. The summed E-state index contributed by atoms with van der Waals surface area (Å²) in [4.78, 5) is 8.39. The van der Waals surface area contributed by atoms with Gasteiger partial charge in [0, 0.05) is 23.3 Å². The van der Waals surface area contributed by atoms with Crippen LogP contribution in [0.4, 0.5) is 4.39 Å². The number of hydrogen-bond donors (Lipinski definition) is 1. The van der Waals surface area contributed by atoms with E-state index in [1.165, 1.54) is 6.07 Å².